The van der Waals surface area contributed by atoms with E-state index in [-0.39, 0.29) is 15.8 Å². The van der Waals surface area contributed by atoms with Gasteiger partial charge in [0.2, 0.25) is 0 Å². The van der Waals surface area contributed by atoms with Crippen LogP contribution in [0.2, 0.25) is 0 Å². The van der Waals surface area contributed by atoms with Crippen molar-refractivity contribution in [3.8, 4) is 0 Å². The van der Waals surface area contributed by atoms with Crippen LogP contribution in [0.15, 0.2) is 12.3 Å². The summed E-state index contributed by atoms with van der Waals surface area (Å²) in [5, 5.41) is 4.13. The molecule has 1 saturated heterocycles. The van der Waals surface area contributed by atoms with Crippen molar-refractivity contribution in [1.29, 1.82) is 0 Å². The van der Waals surface area contributed by atoms with E-state index in [2.05, 4.69) is 34.0 Å². The summed E-state index contributed by atoms with van der Waals surface area (Å²) in [6.45, 7) is 6.23. The Balaban J connectivity index is 1.92. The molecule has 1 unspecified atom stereocenters. The van der Waals surface area contributed by atoms with Crippen LogP contribution in [-0.4, -0.2) is 63.4 Å². The van der Waals surface area contributed by atoms with E-state index in [1.54, 1.807) is 0 Å². The molecule has 2 heterocycles. The van der Waals surface area contributed by atoms with Crippen LogP contribution in [0.5, 0.6) is 0 Å². The van der Waals surface area contributed by atoms with Crippen LogP contribution in [0.1, 0.15) is 20.3 Å². The van der Waals surface area contributed by atoms with Crippen LogP contribution in [0.3, 0.4) is 0 Å². The van der Waals surface area contributed by atoms with Gasteiger partial charge < -0.3 is 0 Å². The topological polar surface area (TPSA) is 50.3 Å². The summed E-state index contributed by atoms with van der Waals surface area (Å²) in [7, 11) is 2.02. The summed E-state index contributed by atoms with van der Waals surface area (Å²) in [5.41, 5.74) is 0. The first-order chi connectivity index (χ1) is 9.19. The van der Waals surface area contributed by atoms with Gasteiger partial charge in [-0.2, -0.15) is 0 Å². The Morgan fingerprint density at radius 2 is 2.42 bits per heavy atom. The maximum atomic E-state index is 5.60. The standard InChI is InChI=1S/C13H23AsN4O/c1-10(2)19-9-14-13-16-6-4-12(17-13)18-7-5-11(8-18)15-3/h4,6,10-11,14-15H,5,7-9H2,1-3H3/t11-/m1/s1. The monoisotopic (exact) mass is 326 g/mol. The second-order valence-corrected chi connectivity index (χ2v) is 7.28. The number of nitrogens with one attached hydrogen (secondary N) is 1. The number of nitrogens with zero attached hydrogens (tertiary/aromatic N) is 3. The van der Waals surface area contributed by atoms with Gasteiger partial charge in [0.25, 0.3) is 0 Å². The van der Waals surface area contributed by atoms with E-state index >= 15 is 0 Å². The molecule has 0 radical (unpaired) electrons. The second kappa shape index (κ2) is 7.22. The zero-order chi connectivity index (χ0) is 13.7. The Morgan fingerprint density at radius 1 is 1.58 bits per heavy atom. The van der Waals surface area contributed by atoms with Gasteiger partial charge in [-0.05, 0) is 0 Å². The first-order valence-electron chi connectivity index (χ1n) is 6.79. The van der Waals surface area contributed by atoms with E-state index in [1.807, 2.05) is 19.3 Å². The molecule has 0 aromatic carbocycles. The molecule has 0 bridgehead atoms. The number of hydrogen-bond donors (Lipinski definition) is 1. The quantitative estimate of drug-likeness (QED) is 0.729. The summed E-state index contributed by atoms with van der Waals surface area (Å²) < 4.78 is 6.59. The average Bonchev–Trinajstić information content (AvgIpc) is 2.87. The zero-order valence-electron chi connectivity index (χ0n) is 11.9. The molecule has 1 aliphatic rings. The van der Waals surface area contributed by atoms with Crippen molar-refractivity contribution in [3.63, 3.8) is 0 Å². The molecular formula is C13H23AsN4O. The van der Waals surface area contributed by atoms with E-state index in [4.69, 9.17) is 4.74 Å². The van der Waals surface area contributed by atoms with Gasteiger partial charge in [-0.15, -0.1) is 0 Å². The van der Waals surface area contributed by atoms with Crippen LogP contribution in [-0.2, 0) is 4.74 Å². The number of likely N-dealkylation sites (N-methyl/N-ethyl adjacent to an activating group) is 1. The number of anilines is 1. The molecule has 5 nitrogen and oxygen atoms in total. The van der Waals surface area contributed by atoms with Crippen LogP contribution in [0.4, 0.5) is 5.82 Å². The number of hydrogen-bond acceptors (Lipinski definition) is 5. The van der Waals surface area contributed by atoms with E-state index < -0.39 is 0 Å². The van der Waals surface area contributed by atoms with Gasteiger partial charge in [-0.1, -0.05) is 0 Å². The predicted octanol–water partition coefficient (Wildman–Crippen LogP) is -0.281. The van der Waals surface area contributed by atoms with Crippen molar-refractivity contribution in [2.24, 2.45) is 0 Å². The first-order valence-corrected chi connectivity index (χ1v) is 9.33. The summed E-state index contributed by atoms with van der Waals surface area (Å²) in [6, 6.07) is 2.59. The van der Waals surface area contributed by atoms with Gasteiger partial charge >= 0.3 is 121 Å². The van der Waals surface area contributed by atoms with Crippen molar-refractivity contribution < 1.29 is 4.74 Å². The average molecular weight is 326 g/mol. The molecular weight excluding hydrogens is 303 g/mol. The molecule has 0 spiro atoms. The Bertz CT molecular complexity index is 402. The van der Waals surface area contributed by atoms with Crippen molar-refractivity contribution in [1.82, 2.24) is 15.3 Å². The Labute approximate surface area is 121 Å². The number of ether oxygens (including phenoxy) is 1. The molecule has 2 atom stereocenters. The van der Waals surface area contributed by atoms with Crippen molar-refractivity contribution in [2.75, 3.05) is 30.4 Å². The molecule has 6 heteroatoms. The molecule has 1 aliphatic heterocycles. The third-order valence-electron chi connectivity index (χ3n) is 3.21. The summed E-state index contributed by atoms with van der Waals surface area (Å²) in [5.74, 6) is 1.07. The van der Waals surface area contributed by atoms with E-state index in [0.29, 0.717) is 12.1 Å². The predicted molar refractivity (Wildman–Crippen MR) is 79.6 cm³/mol. The fourth-order valence-corrected chi connectivity index (χ4v) is 3.99. The van der Waals surface area contributed by atoms with Gasteiger partial charge in [0.15, 0.2) is 0 Å². The normalized spacial score (nSPS) is 20.0. The Kier molecular flexibility index (Phi) is 5.61. The molecule has 106 valence electrons. The molecule has 2 rings (SSSR count). The molecule has 1 aromatic rings. The van der Waals surface area contributed by atoms with Crippen LogP contribution >= 0.6 is 0 Å². The van der Waals surface area contributed by atoms with Gasteiger partial charge in [0.1, 0.15) is 0 Å². The zero-order valence-corrected chi connectivity index (χ0v) is 14.0. The third-order valence-corrected chi connectivity index (χ3v) is 5.03. The minimum atomic E-state index is -0.379. The molecule has 1 fully saturated rings. The minimum absolute atomic E-state index is 0.293. The van der Waals surface area contributed by atoms with Crippen molar-refractivity contribution in [3.05, 3.63) is 12.3 Å². The SMILES string of the molecule is CN[C@@H]1CCN(c2ccnc([AsH]COC(C)C)n2)C1. The third kappa shape index (κ3) is 4.44. The molecule has 0 saturated carbocycles. The Morgan fingerprint density at radius 3 is 3.11 bits per heavy atom. The van der Waals surface area contributed by atoms with Crippen LogP contribution in [0.25, 0.3) is 0 Å². The first kappa shape index (κ1) is 14.8. The fourth-order valence-electron chi connectivity index (χ4n) is 2.09. The maximum absolute atomic E-state index is 5.60. The number of aromatic nitrogens is 2. The van der Waals surface area contributed by atoms with Gasteiger partial charge in [0.05, 0.1) is 0 Å². The summed E-state index contributed by atoms with van der Waals surface area (Å²) >= 11 is -0.379. The molecule has 1 N–H and O–H groups in total. The molecule has 0 aliphatic carbocycles. The molecule has 19 heavy (non-hydrogen) atoms. The molecule has 1 aromatic heterocycles. The van der Waals surface area contributed by atoms with E-state index in [0.717, 1.165) is 28.9 Å². The van der Waals surface area contributed by atoms with Crippen molar-refractivity contribution >= 4 is 26.2 Å². The van der Waals surface area contributed by atoms with Crippen molar-refractivity contribution in [2.45, 2.75) is 32.4 Å². The summed E-state index contributed by atoms with van der Waals surface area (Å²) in [4.78, 5) is 11.4. The Hall–Kier alpha value is -0.642. The molecule has 0 amide bonds. The van der Waals surface area contributed by atoms with Gasteiger partial charge in [-0.25, -0.2) is 0 Å². The van der Waals surface area contributed by atoms with E-state index in [1.165, 1.54) is 6.42 Å². The van der Waals surface area contributed by atoms with E-state index in [9.17, 15) is 0 Å². The summed E-state index contributed by atoms with van der Waals surface area (Å²) in [6.07, 6.45) is 3.35. The van der Waals surface area contributed by atoms with Gasteiger partial charge in [-0.3, -0.25) is 0 Å². The van der Waals surface area contributed by atoms with Crippen LogP contribution < -0.4 is 14.8 Å². The fraction of sp³-hybridized carbons (Fsp3) is 0.692. The van der Waals surface area contributed by atoms with Gasteiger partial charge in [0, 0.05) is 0 Å². The van der Waals surface area contributed by atoms with Crippen LogP contribution in [0, 0.1) is 0 Å². The number of rotatable bonds is 6. The second-order valence-electron chi connectivity index (χ2n) is 5.00.